The standard InChI is InChI=1S/C13H14ClNO3/c1-9(13(17)15-8-4-7-12(15)16)18-11-6-3-2-5-10(11)14/h2-3,5-6,9H,4,7-8H2,1H3. The normalized spacial score (nSPS) is 16.8. The summed E-state index contributed by atoms with van der Waals surface area (Å²) in [5.41, 5.74) is 0. The fraction of sp³-hybridized carbons (Fsp3) is 0.385. The van der Waals surface area contributed by atoms with Crippen LogP contribution in [0.1, 0.15) is 19.8 Å². The van der Waals surface area contributed by atoms with Gasteiger partial charge in [-0.25, -0.2) is 0 Å². The number of carbonyl (C=O) groups is 2. The van der Waals surface area contributed by atoms with Crippen molar-refractivity contribution in [2.24, 2.45) is 0 Å². The number of benzene rings is 1. The maximum atomic E-state index is 12.0. The molecule has 1 fully saturated rings. The van der Waals surface area contributed by atoms with Crippen LogP contribution in [0.4, 0.5) is 0 Å². The number of hydrogen-bond acceptors (Lipinski definition) is 3. The van der Waals surface area contributed by atoms with Crippen molar-refractivity contribution in [3.63, 3.8) is 0 Å². The molecule has 4 nitrogen and oxygen atoms in total. The summed E-state index contributed by atoms with van der Waals surface area (Å²) in [5.74, 6) is 0.0127. The lowest BCUT2D eigenvalue weighted by Crippen LogP contribution is -2.41. The van der Waals surface area contributed by atoms with E-state index < -0.39 is 6.10 Å². The van der Waals surface area contributed by atoms with E-state index in [9.17, 15) is 9.59 Å². The van der Waals surface area contributed by atoms with E-state index in [4.69, 9.17) is 16.3 Å². The minimum atomic E-state index is -0.716. The topological polar surface area (TPSA) is 46.6 Å². The van der Waals surface area contributed by atoms with Crippen LogP contribution in [-0.4, -0.2) is 29.4 Å². The molecule has 1 aromatic carbocycles. The van der Waals surface area contributed by atoms with Crippen molar-refractivity contribution in [2.45, 2.75) is 25.9 Å². The van der Waals surface area contributed by atoms with Crippen LogP contribution in [0.5, 0.6) is 5.75 Å². The first-order valence-corrected chi connectivity index (χ1v) is 6.23. The lowest BCUT2D eigenvalue weighted by molar-refractivity contribution is -0.146. The number of hydrogen-bond donors (Lipinski definition) is 0. The van der Waals surface area contributed by atoms with Gasteiger partial charge in [0, 0.05) is 13.0 Å². The zero-order valence-corrected chi connectivity index (χ0v) is 10.8. The first-order valence-electron chi connectivity index (χ1n) is 5.85. The van der Waals surface area contributed by atoms with Crippen molar-refractivity contribution in [3.05, 3.63) is 29.3 Å². The number of ether oxygens (including phenoxy) is 1. The summed E-state index contributed by atoms with van der Waals surface area (Å²) in [6.45, 7) is 2.10. The summed E-state index contributed by atoms with van der Waals surface area (Å²) in [4.78, 5) is 24.7. The molecule has 0 N–H and O–H groups in total. The van der Waals surface area contributed by atoms with Crippen molar-refractivity contribution < 1.29 is 14.3 Å². The molecule has 1 unspecified atom stereocenters. The predicted octanol–water partition coefficient (Wildman–Crippen LogP) is 2.26. The van der Waals surface area contributed by atoms with Crippen LogP contribution in [0.2, 0.25) is 5.02 Å². The van der Waals surface area contributed by atoms with Gasteiger partial charge in [-0.1, -0.05) is 23.7 Å². The summed E-state index contributed by atoms with van der Waals surface area (Å²) in [7, 11) is 0. The van der Waals surface area contributed by atoms with Crippen LogP contribution in [0.15, 0.2) is 24.3 Å². The SMILES string of the molecule is CC(Oc1ccccc1Cl)C(=O)N1CCCC1=O. The van der Waals surface area contributed by atoms with E-state index >= 15 is 0 Å². The summed E-state index contributed by atoms with van der Waals surface area (Å²) in [6, 6.07) is 6.94. The van der Waals surface area contributed by atoms with Crippen molar-refractivity contribution in [1.29, 1.82) is 0 Å². The largest absolute Gasteiger partial charge is 0.479 e. The van der Waals surface area contributed by atoms with Gasteiger partial charge in [-0.2, -0.15) is 0 Å². The molecule has 1 atom stereocenters. The first kappa shape index (κ1) is 12.9. The van der Waals surface area contributed by atoms with E-state index in [1.165, 1.54) is 4.90 Å². The highest BCUT2D eigenvalue weighted by atomic mass is 35.5. The van der Waals surface area contributed by atoms with Crippen LogP contribution < -0.4 is 4.74 Å². The van der Waals surface area contributed by atoms with E-state index in [0.717, 1.165) is 6.42 Å². The van der Waals surface area contributed by atoms with Crippen LogP contribution in [-0.2, 0) is 9.59 Å². The number of likely N-dealkylation sites (tertiary alicyclic amines) is 1. The molecule has 1 aliphatic heterocycles. The van der Waals surface area contributed by atoms with Gasteiger partial charge in [0.15, 0.2) is 6.10 Å². The molecule has 1 aromatic rings. The Hall–Kier alpha value is -1.55. The van der Waals surface area contributed by atoms with E-state index in [0.29, 0.717) is 23.7 Å². The molecule has 2 amide bonds. The monoisotopic (exact) mass is 267 g/mol. The van der Waals surface area contributed by atoms with E-state index in [2.05, 4.69) is 0 Å². The third-order valence-electron chi connectivity index (χ3n) is 2.83. The average molecular weight is 268 g/mol. The predicted molar refractivity (Wildman–Crippen MR) is 67.5 cm³/mol. The van der Waals surface area contributed by atoms with Gasteiger partial charge in [-0.3, -0.25) is 14.5 Å². The molecular weight excluding hydrogens is 254 g/mol. The number of para-hydroxylation sites is 1. The van der Waals surface area contributed by atoms with Crippen molar-refractivity contribution >= 4 is 23.4 Å². The smallest absolute Gasteiger partial charge is 0.269 e. The number of carbonyl (C=O) groups excluding carboxylic acids is 2. The summed E-state index contributed by atoms with van der Waals surface area (Å²) >= 11 is 5.94. The van der Waals surface area contributed by atoms with Gasteiger partial charge in [-0.05, 0) is 25.5 Å². The van der Waals surface area contributed by atoms with E-state index in [-0.39, 0.29) is 11.8 Å². The zero-order chi connectivity index (χ0) is 13.1. The molecule has 0 bridgehead atoms. The highest BCUT2D eigenvalue weighted by Gasteiger charge is 2.30. The van der Waals surface area contributed by atoms with Crippen molar-refractivity contribution in [2.75, 3.05) is 6.54 Å². The first-order chi connectivity index (χ1) is 8.59. The summed E-state index contributed by atoms with van der Waals surface area (Å²) in [6.07, 6.45) is 0.445. The van der Waals surface area contributed by atoms with Crippen LogP contribution >= 0.6 is 11.6 Å². The number of nitrogens with zero attached hydrogens (tertiary/aromatic N) is 1. The Kier molecular flexibility index (Phi) is 3.87. The molecule has 1 heterocycles. The summed E-state index contributed by atoms with van der Waals surface area (Å²) in [5, 5.41) is 0.449. The minimum Gasteiger partial charge on any atom is -0.479 e. The van der Waals surface area contributed by atoms with Gasteiger partial charge in [0.1, 0.15) is 5.75 Å². The molecule has 5 heteroatoms. The Bertz CT molecular complexity index is 475. The fourth-order valence-corrected chi connectivity index (χ4v) is 2.06. The maximum absolute atomic E-state index is 12.0. The Balaban J connectivity index is 2.04. The van der Waals surface area contributed by atoms with Gasteiger partial charge in [0.2, 0.25) is 5.91 Å². The Morgan fingerprint density at radius 2 is 2.17 bits per heavy atom. The Morgan fingerprint density at radius 3 is 2.78 bits per heavy atom. The molecular formula is C13H14ClNO3. The maximum Gasteiger partial charge on any atom is 0.269 e. The number of imide groups is 1. The van der Waals surface area contributed by atoms with Crippen LogP contribution in [0.3, 0.4) is 0 Å². The molecule has 1 aliphatic rings. The van der Waals surface area contributed by atoms with Crippen LogP contribution in [0.25, 0.3) is 0 Å². The van der Waals surface area contributed by atoms with E-state index in [1.54, 1.807) is 31.2 Å². The Morgan fingerprint density at radius 1 is 1.44 bits per heavy atom. The van der Waals surface area contributed by atoms with Crippen molar-refractivity contribution in [3.8, 4) is 5.75 Å². The van der Waals surface area contributed by atoms with Gasteiger partial charge in [0.05, 0.1) is 5.02 Å². The van der Waals surface area contributed by atoms with Gasteiger partial charge >= 0.3 is 0 Å². The number of halogens is 1. The highest BCUT2D eigenvalue weighted by molar-refractivity contribution is 6.32. The van der Waals surface area contributed by atoms with Gasteiger partial charge in [0.25, 0.3) is 5.91 Å². The molecule has 0 saturated carbocycles. The zero-order valence-electron chi connectivity index (χ0n) is 10.1. The molecule has 18 heavy (non-hydrogen) atoms. The molecule has 2 rings (SSSR count). The molecule has 0 aliphatic carbocycles. The second-order valence-electron chi connectivity index (χ2n) is 4.18. The number of rotatable bonds is 3. The molecule has 0 aromatic heterocycles. The van der Waals surface area contributed by atoms with Crippen LogP contribution in [0, 0.1) is 0 Å². The third-order valence-corrected chi connectivity index (χ3v) is 3.14. The molecule has 96 valence electrons. The highest BCUT2D eigenvalue weighted by Crippen LogP contribution is 2.25. The molecule has 0 radical (unpaired) electrons. The second kappa shape index (κ2) is 5.40. The Labute approximate surface area is 110 Å². The lowest BCUT2D eigenvalue weighted by atomic mass is 10.3. The lowest BCUT2D eigenvalue weighted by Gasteiger charge is -2.20. The van der Waals surface area contributed by atoms with Gasteiger partial charge in [-0.15, -0.1) is 0 Å². The van der Waals surface area contributed by atoms with Gasteiger partial charge < -0.3 is 4.74 Å². The second-order valence-corrected chi connectivity index (χ2v) is 4.58. The quantitative estimate of drug-likeness (QED) is 0.844. The average Bonchev–Trinajstić information content (AvgIpc) is 2.77. The summed E-state index contributed by atoms with van der Waals surface area (Å²) < 4.78 is 5.49. The van der Waals surface area contributed by atoms with E-state index in [1.807, 2.05) is 0 Å². The number of amides is 2. The molecule has 0 spiro atoms. The third kappa shape index (κ3) is 2.64. The fourth-order valence-electron chi connectivity index (χ4n) is 1.88. The van der Waals surface area contributed by atoms with Crippen molar-refractivity contribution in [1.82, 2.24) is 4.90 Å². The minimum absolute atomic E-state index is 0.130. The molecule has 1 saturated heterocycles.